The third-order valence-corrected chi connectivity index (χ3v) is 4.90. The molecule has 4 nitrogen and oxygen atoms in total. The van der Waals surface area contributed by atoms with Crippen molar-refractivity contribution in [3.8, 4) is 0 Å². The van der Waals surface area contributed by atoms with Crippen LogP contribution in [0.15, 0.2) is 24.3 Å². The Balaban J connectivity index is 1.81. The van der Waals surface area contributed by atoms with Crippen molar-refractivity contribution < 1.29 is 9.59 Å². The fraction of sp³-hybridized carbons (Fsp3) is 0.529. The van der Waals surface area contributed by atoms with Crippen LogP contribution in [0.1, 0.15) is 43.7 Å². The summed E-state index contributed by atoms with van der Waals surface area (Å²) in [7, 11) is 0. The van der Waals surface area contributed by atoms with Crippen LogP contribution in [0.4, 0.5) is 0 Å². The zero-order valence-corrected chi connectivity index (χ0v) is 13.3. The first-order valence-electron chi connectivity index (χ1n) is 7.89. The molecule has 1 aliphatic heterocycles. The summed E-state index contributed by atoms with van der Waals surface area (Å²) in [6, 6.07) is 7.82. The molecule has 22 heavy (non-hydrogen) atoms. The molecule has 3 rings (SSSR count). The highest BCUT2D eigenvalue weighted by molar-refractivity contribution is 6.30. The van der Waals surface area contributed by atoms with E-state index in [2.05, 4.69) is 0 Å². The van der Waals surface area contributed by atoms with Gasteiger partial charge < -0.3 is 10.6 Å². The number of carbonyl (C=O) groups excluding carboxylic acids is 2. The van der Waals surface area contributed by atoms with Crippen molar-refractivity contribution in [3.63, 3.8) is 0 Å². The van der Waals surface area contributed by atoms with Crippen LogP contribution < -0.4 is 5.73 Å². The molecule has 1 saturated heterocycles. The largest absolute Gasteiger partial charge is 0.370 e. The lowest BCUT2D eigenvalue weighted by Gasteiger charge is -2.39. The van der Waals surface area contributed by atoms with Crippen molar-refractivity contribution in [2.45, 2.75) is 38.1 Å². The molecule has 5 heteroatoms. The zero-order chi connectivity index (χ0) is 15.7. The molecule has 1 saturated carbocycles. The number of likely N-dealkylation sites (tertiary alicyclic amines) is 1. The first kappa shape index (κ1) is 15.3. The van der Waals surface area contributed by atoms with Crippen LogP contribution in [0.5, 0.6) is 0 Å². The van der Waals surface area contributed by atoms with Crippen LogP contribution in [0, 0.1) is 11.8 Å². The number of primary amides is 1. The number of nitrogens with two attached hydrogens (primary N) is 1. The minimum Gasteiger partial charge on any atom is -0.370 e. The Kier molecular flexibility index (Phi) is 4.39. The van der Waals surface area contributed by atoms with Crippen LogP contribution in [0.3, 0.4) is 0 Å². The van der Waals surface area contributed by atoms with Gasteiger partial charge in [-0.25, -0.2) is 0 Å². The summed E-state index contributed by atoms with van der Waals surface area (Å²) in [5.41, 5.74) is 6.40. The molecule has 2 amide bonds. The maximum Gasteiger partial charge on any atom is 0.226 e. The molecular formula is C17H21ClN2O2. The number of halogens is 1. The van der Waals surface area contributed by atoms with E-state index >= 15 is 0 Å². The SMILES string of the molecule is NC(=O)CC1CCC(c2ccc(Cl)cc2)N(CC2CC2)C1=O. The molecule has 118 valence electrons. The molecule has 0 bridgehead atoms. The van der Waals surface area contributed by atoms with Gasteiger partial charge in [-0.1, -0.05) is 23.7 Å². The summed E-state index contributed by atoms with van der Waals surface area (Å²) in [6.45, 7) is 0.793. The van der Waals surface area contributed by atoms with Crippen molar-refractivity contribution in [1.29, 1.82) is 0 Å². The highest BCUT2D eigenvalue weighted by Gasteiger charge is 2.39. The number of rotatable bonds is 5. The molecule has 1 aromatic carbocycles. The number of piperidine rings is 1. The van der Waals surface area contributed by atoms with Crippen LogP contribution in [-0.2, 0) is 9.59 Å². The van der Waals surface area contributed by atoms with Gasteiger partial charge in [-0.05, 0) is 49.3 Å². The van der Waals surface area contributed by atoms with Gasteiger partial charge in [-0.3, -0.25) is 9.59 Å². The van der Waals surface area contributed by atoms with Crippen LogP contribution >= 0.6 is 11.6 Å². The molecule has 2 aliphatic rings. The number of carbonyl (C=O) groups is 2. The summed E-state index contributed by atoms with van der Waals surface area (Å²) in [5.74, 6) is 0.0532. The van der Waals surface area contributed by atoms with Gasteiger partial charge in [0.25, 0.3) is 0 Å². The van der Waals surface area contributed by atoms with Gasteiger partial charge in [0, 0.05) is 23.9 Å². The van der Waals surface area contributed by atoms with Gasteiger partial charge in [0.05, 0.1) is 6.04 Å². The number of amides is 2. The topological polar surface area (TPSA) is 63.4 Å². The fourth-order valence-electron chi connectivity index (χ4n) is 3.29. The van der Waals surface area contributed by atoms with Crippen molar-refractivity contribution in [2.24, 2.45) is 17.6 Å². The summed E-state index contributed by atoms with van der Waals surface area (Å²) in [6.07, 6.45) is 4.14. The average molecular weight is 321 g/mol. The number of benzene rings is 1. The van der Waals surface area contributed by atoms with E-state index in [0.717, 1.165) is 24.9 Å². The molecule has 1 aliphatic carbocycles. The van der Waals surface area contributed by atoms with E-state index in [9.17, 15) is 9.59 Å². The maximum absolute atomic E-state index is 12.8. The lowest BCUT2D eigenvalue weighted by atomic mass is 9.86. The summed E-state index contributed by atoms with van der Waals surface area (Å²) < 4.78 is 0. The molecule has 1 heterocycles. The predicted molar refractivity (Wildman–Crippen MR) is 85.2 cm³/mol. The number of hydrogen-bond acceptors (Lipinski definition) is 2. The predicted octanol–water partition coefficient (Wildman–Crippen LogP) is 2.91. The Labute approximate surface area is 135 Å². The van der Waals surface area contributed by atoms with Crippen molar-refractivity contribution in [3.05, 3.63) is 34.9 Å². The first-order chi connectivity index (χ1) is 10.5. The summed E-state index contributed by atoms with van der Waals surface area (Å²) in [5, 5.41) is 0.700. The van der Waals surface area contributed by atoms with Crippen LogP contribution in [0.2, 0.25) is 5.02 Å². The Morgan fingerprint density at radius 1 is 1.18 bits per heavy atom. The van der Waals surface area contributed by atoms with Gasteiger partial charge in [0.15, 0.2) is 0 Å². The highest BCUT2D eigenvalue weighted by Crippen LogP contribution is 2.39. The Morgan fingerprint density at radius 2 is 1.86 bits per heavy atom. The monoisotopic (exact) mass is 320 g/mol. The smallest absolute Gasteiger partial charge is 0.226 e. The average Bonchev–Trinajstić information content (AvgIpc) is 3.28. The molecule has 2 atom stereocenters. The Bertz CT molecular complexity index is 569. The van der Waals surface area contributed by atoms with E-state index in [1.807, 2.05) is 29.2 Å². The normalized spacial score (nSPS) is 25.3. The van der Waals surface area contributed by atoms with E-state index in [-0.39, 0.29) is 24.3 Å². The van der Waals surface area contributed by atoms with Gasteiger partial charge in [-0.2, -0.15) is 0 Å². The van der Waals surface area contributed by atoms with E-state index in [0.29, 0.717) is 10.9 Å². The second kappa shape index (κ2) is 6.29. The third kappa shape index (κ3) is 3.43. The number of nitrogens with zero attached hydrogens (tertiary/aromatic N) is 1. The second-order valence-electron chi connectivity index (χ2n) is 6.45. The lowest BCUT2D eigenvalue weighted by molar-refractivity contribution is -0.144. The second-order valence-corrected chi connectivity index (χ2v) is 6.88. The first-order valence-corrected chi connectivity index (χ1v) is 8.26. The third-order valence-electron chi connectivity index (χ3n) is 4.65. The van der Waals surface area contributed by atoms with E-state index < -0.39 is 5.91 Å². The Morgan fingerprint density at radius 3 is 2.45 bits per heavy atom. The molecule has 0 radical (unpaired) electrons. The lowest BCUT2D eigenvalue weighted by Crippen LogP contribution is -2.45. The fourth-order valence-corrected chi connectivity index (χ4v) is 3.41. The zero-order valence-electron chi connectivity index (χ0n) is 12.5. The highest BCUT2D eigenvalue weighted by atomic mass is 35.5. The van der Waals surface area contributed by atoms with Crippen molar-refractivity contribution in [2.75, 3.05) is 6.54 Å². The van der Waals surface area contributed by atoms with E-state index in [1.54, 1.807) is 0 Å². The van der Waals surface area contributed by atoms with Crippen LogP contribution in [0.25, 0.3) is 0 Å². The quantitative estimate of drug-likeness (QED) is 0.906. The molecule has 0 spiro atoms. The van der Waals surface area contributed by atoms with Gasteiger partial charge >= 0.3 is 0 Å². The Hall–Kier alpha value is -1.55. The van der Waals surface area contributed by atoms with E-state index in [4.69, 9.17) is 17.3 Å². The van der Waals surface area contributed by atoms with E-state index in [1.165, 1.54) is 12.8 Å². The standard InChI is InChI=1S/C17H21ClN2O2/c18-14-6-3-12(4-7-14)15-8-5-13(9-16(19)21)17(22)20(15)10-11-1-2-11/h3-4,6-7,11,13,15H,1-2,5,8-10H2,(H2,19,21). The maximum atomic E-state index is 12.8. The molecule has 2 fully saturated rings. The van der Waals surface area contributed by atoms with Crippen molar-refractivity contribution >= 4 is 23.4 Å². The summed E-state index contributed by atoms with van der Waals surface area (Å²) in [4.78, 5) is 25.9. The van der Waals surface area contributed by atoms with Gasteiger partial charge in [-0.15, -0.1) is 0 Å². The minimum atomic E-state index is -0.394. The number of hydrogen-bond donors (Lipinski definition) is 1. The molecule has 2 N–H and O–H groups in total. The van der Waals surface area contributed by atoms with Crippen molar-refractivity contribution in [1.82, 2.24) is 4.90 Å². The molecular weight excluding hydrogens is 300 g/mol. The van der Waals surface area contributed by atoms with Crippen LogP contribution in [-0.4, -0.2) is 23.3 Å². The van der Waals surface area contributed by atoms with Gasteiger partial charge in [0.2, 0.25) is 11.8 Å². The van der Waals surface area contributed by atoms with Gasteiger partial charge in [0.1, 0.15) is 0 Å². The molecule has 1 aromatic rings. The minimum absolute atomic E-state index is 0.0805. The molecule has 0 aromatic heterocycles. The summed E-state index contributed by atoms with van der Waals surface area (Å²) >= 11 is 5.96. The molecule has 2 unspecified atom stereocenters.